The Balaban J connectivity index is 1.42. The Morgan fingerprint density at radius 2 is 1.86 bits per heavy atom. The molecule has 3 fully saturated rings. The topological polar surface area (TPSA) is 15.3 Å². The van der Waals surface area contributed by atoms with Crippen LogP contribution in [0.25, 0.3) is 0 Å². The van der Waals surface area contributed by atoms with Crippen LogP contribution in [0.4, 0.5) is 0 Å². The number of piperazine rings is 1. The first-order chi connectivity index (χ1) is 10.4. The molecule has 3 aliphatic rings. The summed E-state index contributed by atoms with van der Waals surface area (Å²) in [7, 11) is 0. The zero-order chi connectivity index (χ0) is 14.1. The van der Waals surface area contributed by atoms with E-state index in [9.17, 15) is 0 Å². The van der Waals surface area contributed by atoms with Crippen LogP contribution in [0.15, 0.2) is 30.3 Å². The minimum absolute atomic E-state index is 0.697. The highest BCUT2D eigenvalue weighted by Gasteiger charge is 2.38. The molecule has 0 aromatic heterocycles. The molecule has 2 unspecified atom stereocenters. The molecule has 1 aliphatic heterocycles. The lowest BCUT2D eigenvalue weighted by Gasteiger charge is -2.44. The molecule has 2 aliphatic carbocycles. The van der Waals surface area contributed by atoms with Crippen molar-refractivity contribution in [2.45, 2.75) is 50.6 Å². The SMILES string of the molecule is c1ccc(CC2CNC(C3CC3)CN2CC2CCC2)cc1. The van der Waals surface area contributed by atoms with Crippen molar-refractivity contribution < 1.29 is 0 Å². The van der Waals surface area contributed by atoms with Crippen molar-refractivity contribution in [2.75, 3.05) is 19.6 Å². The quantitative estimate of drug-likeness (QED) is 0.894. The first-order valence-corrected chi connectivity index (χ1v) is 8.90. The Morgan fingerprint density at radius 3 is 2.52 bits per heavy atom. The van der Waals surface area contributed by atoms with E-state index < -0.39 is 0 Å². The maximum atomic E-state index is 3.85. The number of benzene rings is 1. The van der Waals surface area contributed by atoms with Crippen molar-refractivity contribution in [1.82, 2.24) is 10.2 Å². The zero-order valence-electron chi connectivity index (χ0n) is 13.0. The summed E-state index contributed by atoms with van der Waals surface area (Å²) >= 11 is 0. The van der Waals surface area contributed by atoms with Gasteiger partial charge < -0.3 is 5.32 Å². The fourth-order valence-electron chi connectivity index (χ4n) is 4.02. The molecule has 21 heavy (non-hydrogen) atoms. The Morgan fingerprint density at radius 1 is 1.05 bits per heavy atom. The van der Waals surface area contributed by atoms with Crippen molar-refractivity contribution in [3.05, 3.63) is 35.9 Å². The summed E-state index contributed by atoms with van der Waals surface area (Å²) in [5.74, 6) is 1.97. The Kier molecular flexibility index (Phi) is 4.00. The van der Waals surface area contributed by atoms with Gasteiger partial charge in [0.1, 0.15) is 0 Å². The molecule has 0 radical (unpaired) electrons. The minimum Gasteiger partial charge on any atom is -0.311 e. The number of nitrogens with one attached hydrogen (secondary N) is 1. The summed E-state index contributed by atoms with van der Waals surface area (Å²) in [6.45, 7) is 3.82. The molecular formula is C19H28N2. The molecule has 0 bridgehead atoms. The zero-order valence-corrected chi connectivity index (χ0v) is 13.0. The van der Waals surface area contributed by atoms with Gasteiger partial charge in [0.25, 0.3) is 0 Å². The molecule has 2 saturated carbocycles. The Bertz CT molecular complexity index is 450. The first-order valence-electron chi connectivity index (χ1n) is 8.90. The largest absolute Gasteiger partial charge is 0.311 e. The van der Waals surface area contributed by atoms with E-state index in [-0.39, 0.29) is 0 Å². The molecule has 2 nitrogen and oxygen atoms in total. The third-order valence-electron chi connectivity index (χ3n) is 5.79. The maximum Gasteiger partial charge on any atom is 0.0261 e. The van der Waals surface area contributed by atoms with E-state index in [0.29, 0.717) is 6.04 Å². The molecule has 1 heterocycles. The summed E-state index contributed by atoms with van der Waals surface area (Å²) in [5.41, 5.74) is 1.49. The molecule has 4 rings (SSSR count). The molecule has 2 heteroatoms. The van der Waals surface area contributed by atoms with E-state index in [1.807, 2.05) is 0 Å². The fourth-order valence-corrected chi connectivity index (χ4v) is 4.02. The van der Waals surface area contributed by atoms with Gasteiger partial charge in [0.05, 0.1) is 0 Å². The third kappa shape index (κ3) is 3.32. The second kappa shape index (κ2) is 6.10. The summed E-state index contributed by atoms with van der Waals surface area (Å²) in [6.07, 6.45) is 8.52. The first kappa shape index (κ1) is 13.8. The van der Waals surface area contributed by atoms with Crippen LogP contribution in [0.3, 0.4) is 0 Å². The number of rotatable bonds is 5. The van der Waals surface area contributed by atoms with Crippen LogP contribution in [0.5, 0.6) is 0 Å². The smallest absolute Gasteiger partial charge is 0.0261 e. The van der Waals surface area contributed by atoms with Gasteiger partial charge in [-0.05, 0) is 49.5 Å². The van der Waals surface area contributed by atoms with Crippen molar-refractivity contribution in [3.63, 3.8) is 0 Å². The van der Waals surface area contributed by atoms with Gasteiger partial charge in [-0.2, -0.15) is 0 Å². The molecule has 0 amide bonds. The second-order valence-corrected chi connectivity index (χ2v) is 7.45. The lowest BCUT2D eigenvalue weighted by molar-refractivity contribution is 0.0833. The van der Waals surface area contributed by atoms with Crippen LogP contribution in [0.2, 0.25) is 0 Å². The normalized spacial score (nSPS) is 31.0. The molecular weight excluding hydrogens is 256 g/mol. The van der Waals surface area contributed by atoms with Crippen LogP contribution >= 0.6 is 0 Å². The number of hydrogen-bond acceptors (Lipinski definition) is 2. The molecule has 1 aromatic rings. The highest BCUT2D eigenvalue weighted by molar-refractivity contribution is 5.16. The number of nitrogens with zero attached hydrogens (tertiary/aromatic N) is 1. The fraction of sp³-hybridized carbons (Fsp3) is 0.684. The molecule has 1 saturated heterocycles. The van der Waals surface area contributed by atoms with Gasteiger partial charge in [-0.15, -0.1) is 0 Å². The minimum atomic E-state index is 0.697. The highest BCUT2D eigenvalue weighted by Crippen LogP contribution is 2.35. The van der Waals surface area contributed by atoms with Gasteiger partial charge in [0.15, 0.2) is 0 Å². The predicted molar refractivity (Wildman–Crippen MR) is 87.4 cm³/mol. The van der Waals surface area contributed by atoms with Crippen LogP contribution in [-0.2, 0) is 6.42 Å². The molecule has 1 aromatic carbocycles. The molecule has 0 spiro atoms. The Labute approximate surface area is 128 Å². The molecule has 2 atom stereocenters. The van der Waals surface area contributed by atoms with Crippen LogP contribution in [-0.4, -0.2) is 36.6 Å². The van der Waals surface area contributed by atoms with E-state index in [0.717, 1.165) is 17.9 Å². The van der Waals surface area contributed by atoms with E-state index >= 15 is 0 Å². The Hall–Kier alpha value is -0.860. The van der Waals surface area contributed by atoms with E-state index in [2.05, 4.69) is 40.5 Å². The van der Waals surface area contributed by atoms with Crippen molar-refractivity contribution >= 4 is 0 Å². The second-order valence-electron chi connectivity index (χ2n) is 7.45. The van der Waals surface area contributed by atoms with Gasteiger partial charge in [-0.25, -0.2) is 0 Å². The van der Waals surface area contributed by atoms with Crippen molar-refractivity contribution in [2.24, 2.45) is 11.8 Å². The van der Waals surface area contributed by atoms with Gasteiger partial charge in [0.2, 0.25) is 0 Å². The van der Waals surface area contributed by atoms with Crippen LogP contribution in [0.1, 0.15) is 37.7 Å². The average Bonchev–Trinajstić information content (AvgIpc) is 3.30. The lowest BCUT2D eigenvalue weighted by atomic mass is 9.84. The number of hydrogen-bond donors (Lipinski definition) is 1. The summed E-state index contributed by atoms with van der Waals surface area (Å²) in [4.78, 5) is 2.83. The van der Waals surface area contributed by atoms with Crippen molar-refractivity contribution in [1.29, 1.82) is 0 Å². The summed E-state index contributed by atoms with van der Waals surface area (Å²) < 4.78 is 0. The summed E-state index contributed by atoms with van der Waals surface area (Å²) in [5, 5.41) is 3.85. The summed E-state index contributed by atoms with van der Waals surface area (Å²) in [6, 6.07) is 12.5. The monoisotopic (exact) mass is 284 g/mol. The van der Waals surface area contributed by atoms with Crippen LogP contribution in [0, 0.1) is 11.8 Å². The van der Waals surface area contributed by atoms with E-state index in [4.69, 9.17) is 0 Å². The van der Waals surface area contributed by atoms with Gasteiger partial charge >= 0.3 is 0 Å². The predicted octanol–water partition coefficient (Wildman–Crippen LogP) is 3.08. The van der Waals surface area contributed by atoms with Gasteiger partial charge in [-0.1, -0.05) is 36.8 Å². The van der Waals surface area contributed by atoms with Gasteiger partial charge in [0, 0.05) is 31.7 Å². The van der Waals surface area contributed by atoms with E-state index in [1.165, 1.54) is 63.7 Å². The highest BCUT2D eigenvalue weighted by atomic mass is 15.2. The van der Waals surface area contributed by atoms with Crippen LogP contribution < -0.4 is 5.32 Å². The van der Waals surface area contributed by atoms with Crippen molar-refractivity contribution in [3.8, 4) is 0 Å². The third-order valence-corrected chi connectivity index (χ3v) is 5.79. The maximum absolute atomic E-state index is 3.85. The lowest BCUT2D eigenvalue weighted by Crippen LogP contribution is -2.59. The molecule has 114 valence electrons. The van der Waals surface area contributed by atoms with E-state index in [1.54, 1.807) is 0 Å². The average molecular weight is 284 g/mol. The molecule has 1 N–H and O–H groups in total. The van der Waals surface area contributed by atoms with Gasteiger partial charge in [-0.3, -0.25) is 4.90 Å². The standard InChI is InChI=1S/C19H28N2/c1-2-5-15(6-3-1)11-18-12-20-19(17-9-10-17)14-21(18)13-16-7-4-8-16/h1-3,5-6,16-20H,4,7-14H2.